The molecule has 5 nitrogen and oxygen atoms in total. The Bertz CT molecular complexity index is 488. The van der Waals surface area contributed by atoms with Crippen LogP contribution in [0, 0.1) is 20.8 Å². The molecule has 0 fully saturated rings. The van der Waals surface area contributed by atoms with Crippen molar-refractivity contribution in [2.45, 2.75) is 47.3 Å². The summed E-state index contributed by atoms with van der Waals surface area (Å²) in [4.78, 5) is 22.0. The second-order valence-corrected chi connectivity index (χ2v) is 4.96. The molecule has 5 heteroatoms. The van der Waals surface area contributed by atoms with Crippen LogP contribution in [0.1, 0.15) is 30.8 Å². The van der Waals surface area contributed by atoms with E-state index in [2.05, 4.69) is 12.1 Å². The summed E-state index contributed by atoms with van der Waals surface area (Å²) in [5, 5.41) is 0. The average Bonchev–Trinajstić information content (AvgIpc) is 2.29. The van der Waals surface area contributed by atoms with E-state index in [0.717, 1.165) is 11.4 Å². The van der Waals surface area contributed by atoms with Gasteiger partial charge in [0.25, 0.3) is 0 Å². The Morgan fingerprint density at radius 3 is 2.10 bits per heavy atom. The summed E-state index contributed by atoms with van der Waals surface area (Å²) in [6.45, 7) is 9.24. The highest BCUT2D eigenvalue weighted by atomic mass is 16.6. The quantitative estimate of drug-likeness (QED) is 0.604. The Kier molecular flexibility index (Phi) is 5.67. The molecule has 1 aromatic heterocycles. The van der Waals surface area contributed by atoms with Gasteiger partial charge in [0.15, 0.2) is 24.0 Å². The van der Waals surface area contributed by atoms with Crippen molar-refractivity contribution in [3.8, 4) is 0 Å². The second kappa shape index (κ2) is 7.03. The Morgan fingerprint density at radius 1 is 1.10 bits per heavy atom. The van der Waals surface area contributed by atoms with Crippen LogP contribution in [0.5, 0.6) is 0 Å². The van der Waals surface area contributed by atoms with E-state index in [1.165, 1.54) is 19.4 Å². The molecule has 1 atom stereocenters. The minimum atomic E-state index is -0.485. The predicted octanol–water partition coefficient (Wildman–Crippen LogP) is 1.39. The lowest BCUT2D eigenvalue weighted by Gasteiger charge is -2.15. The summed E-state index contributed by atoms with van der Waals surface area (Å²) < 4.78 is 12.2. The monoisotopic (exact) mass is 280 g/mol. The number of nitrogens with zero attached hydrogens (tertiary/aromatic N) is 1. The van der Waals surface area contributed by atoms with Crippen LogP contribution in [0.25, 0.3) is 0 Å². The van der Waals surface area contributed by atoms with Crippen molar-refractivity contribution in [3.63, 3.8) is 0 Å². The number of ether oxygens (including phenoxy) is 2. The first-order chi connectivity index (χ1) is 9.29. The van der Waals surface area contributed by atoms with E-state index in [1.54, 1.807) is 0 Å². The van der Waals surface area contributed by atoms with E-state index in [0.29, 0.717) is 6.54 Å². The van der Waals surface area contributed by atoms with Crippen molar-refractivity contribution in [2.75, 3.05) is 6.61 Å². The smallest absolute Gasteiger partial charge is 0.303 e. The van der Waals surface area contributed by atoms with E-state index in [4.69, 9.17) is 9.47 Å². The minimum absolute atomic E-state index is 0.0642. The lowest BCUT2D eigenvalue weighted by atomic mass is 10.2. The number of hydrogen-bond donors (Lipinski definition) is 0. The molecule has 110 valence electrons. The zero-order chi connectivity index (χ0) is 15.3. The number of hydrogen-bond acceptors (Lipinski definition) is 4. The molecule has 0 amide bonds. The average molecular weight is 280 g/mol. The first kappa shape index (κ1) is 16.1. The van der Waals surface area contributed by atoms with E-state index in [-0.39, 0.29) is 18.5 Å². The van der Waals surface area contributed by atoms with Crippen LogP contribution in [-0.2, 0) is 25.6 Å². The van der Waals surface area contributed by atoms with E-state index in [1.807, 2.05) is 25.3 Å². The van der Waals surface area contributed by atoms with Gasteiger partial charge in [-0.3, -0.25) is 9.59 Å². The van der Waals surface area contributed by atoms with Gasteiger partial charge in [0.05, 0.1) is 0 Å². The highest BCUT2D eigenvalue weighted by molar-refractivity contribution is 5.67. The van der Waals surface area contributed by atoms with Crippen molar-refractivity contribution < 1.29 is 23.6 Å². The third-order valence-electron chi connectivity index (χ3n) is 2.92. The number of pyridine rings is 1. The van der Waals surface area contributed by atoms with Crippen molar-refractivity contribution in [1.29, 1.82) is 0 Å². The Balaban J connectivity index is 2.88. The fourth-order valence-corrected chi connectivity index (χ4v) is 2.20. The molecular weight excluding hydrogens is 258 g/mol. The van der Waals surface area contributed by atoms with Gasteiger partial charge in [0, 0.05) is 39.8 Å². The molecule has 0 radical (unpaired) electrons. The van der Waals surface area contributed by atoms with Crippen LogP contribution in [0.2, 0.25) is 0 Å². The molecule has 0 aromatic carbocycles. The number of aryl methyl sites for hydroxylation is 3. The number of aromatic nitrogens is 1. The molecule has 0 saturated carbocycles. The normalized spacial score (nSPS) is 11.8. The van der Waals surface area contributed by atoms with Gasteiger partial charge in [-0.15, -0.1) is 0 Å². The van der Waals surface area contributed by atoms with Crippen LogP contribution in [-0.4, -0.2) is 24.6 Å². The maximum absolute atomic E-state index is 11.1. The van der Waals surface area contributed by atoms with Gasteiger partial charge in [-0.25, -0.2) is 0 Å². The molecule has 1 aromatic rings. The molecule has 0 N–H and O–H groups in total. The largest absolute Gasteiger partial charge is 0.462 e. The summed E-state index contributed by atoms with van der Waals surface area (Å²) in [5.74, 6) is -0.769. The minimum Gasteiger partial charge on any atom is -0.462 e. The summed E-state index contributed by atoms with van der Waals surface area (Å²) in [6.07, 6.45) is -0.485. The van der Waals surface area contributed by atoms with Crippen molar-refractivity contribution in [2.24, 2.45) is 0 Å². The molecule has 0 saturated heterocycles. The molecule has 0 bridgehead atoms. The maximum Gasteiger partial charge on any atom is 0.303 e. The SMILES string of the molecule is CC(=O)OCC(C[n+]1c(C)cc(C)cc1C)OC(C)=O. The van der Waals surface area contributed by atoms with Crippen LogP contribution >= 0.6 is 0 Å². The van der Waals surface area contributed by atoms with Crippen LogP contribution in [0.4, 0.5) is 0 Å². The molecular formula is C15H22NO4+. The van der Waals surface area contributed by atoms with Gasteiger partial charge < -0.3 is 9.47 Å². The first-order valence-corrected chi connectivity index (χ1v) is 6.58. The van der Waals surface area contributed by atoms with Crippen molar-refractivity contribution >= 4 is 11.9 Å². The standard InChI is InChI=1S/C15H22NO4/c1-10-6-11(2)16(12(3)7-10)8-15(20-14(5)18)9-19-13(4)17/h6-7,15H,8-9H2,1-5H3/q+1. The van der Waals surface area contributed by atoms with E-state index < -0.39 is 6.10 Å². The fourth-order valence-electron chi connectivity index (χ4n) is 2.20. The molecule has 1 unspecified atom stereocenters. The maximum atomic E-state index is 11.1. The summed E-state index contributed by atoms with van der Waals surface area (Å²) in [5.41, 5.74) is 3.32. The number of carbonyl (C=O) groups is 2. The van der Waals surface area contributed by atoms with E-state index >= 15 is 0 Å². The van der Waals surface area contributed by atoms with Gasteiger partial charge in [0.1, 0.15) is 6.61 Å². The van der Waals surface area contributed by atoms with Gasteiger partial charge >= 0.3 is 11.9 Å². The molecule has 0 aliphatic rings. The topological polar surface area (TPSA) is 56.5 Å². The third kappa shape index (κ3) is 4.99. The summed E-state index contributed by atoms with van der Waals surface area (Å²) in [6, 6.07) is 4.12. The molecule has 1 rings (SSSR count). The molecule has 0 aliphatic heterocycles. The predicted molar refractivity (Wildman–Crippen MR) is 73.0 cm³/mol. The van der Waals surface area contributed by atoms with Gasteiger partial charge in [0.2, 0.25) is 0 Å². The third-order valence-corrected chi connectivity index (χ3v) is 2.92. The highest BCUT2D eigenvalue weighted by Gasteiger charge is 2.22. The Labute approximate surface area is 119 Å². The van der Waals surface area contributed by atoms with Gasteiger partial charge in [-0.2, -0.15) is 4.57 Å². The lowest BCUT2D eigenvalue weighted by Crippen LogP contribution is -2.47. The molecule has 0 aliphatic carbocycles. The first-order valence-electron chi connectivity index (χ1n) is 6.58. The highest BCUT2D eigenvalue weighted by Crippen LogP contribution is 2.04. The van der Waals surface area contributed by atoms with Crippen molar-refractivity contribution in [1.82, 2.24) is 0 Å². The van der Waals surface area contributed by atoms with Gasteiger partial charge in [-0.05, 0) is 12.5 Å². The second-order valence-electron chi connectivity index (χ2n) is 4.96. The van der Waals surface area contributed by atoms with E-state index in [9.17, 15) is 9.59 Å². The molecule has 1 heterocycles. The molecule has 0 spiro atoms. The number of carbonyl (C=O) groups excluding carboxylic acids is 2. The zero-order valence-corrected chi connectivity index (χ0v) is 12.7. The van der Waals surface area contributed by atoms with Crippen LogP contribution in [0.3, 0.4) is 0 Å². The number of esters is 2. The zero-order valence-electron chi connectivity index (χ0n) is 12.7. The van der Waals surface area contributed by atoms with Crippen LogP contribution < -0.4 is 4.57 Å². The Hall–Kier alpha value is -1.91. The van der Waals surface area contributed by atoms with Crippen LogP contribution in [0.15, 0.2) is 12.1 Å². The Morgan fingerprint density at radius 2 is 1.65 bits per heavy atom. The summed E-state index contributed by atoms with van der Waals surface area (Å²) >= 11 is 0. The summed E-state index contributed by atoms with van der Waals surface area (Å²) in [7, 11) is 0. The lowest BCUT2D eigenvalue weighted by molar-refractivity contribution is -0.714. The molecule has 20 heavy (non-hydrogen) atoms. The number of rotatable bonds is 5. The fraction of sp³-hybridized carbons (Fsp3) is 0.533. The van der Waals surface area contributed by atoms with Gasteiger partial charge in [-0.1, -0.05) is 0 Å². The van der Waals surface area contributed by atoms with Crippen molar-refractivity contribution in [3.05, 3.63) is 29.1 Å².